The van der Waals surface area contributed by atoms with Crippen LogP contribution < -0.4 is 5.32 Å². The zero-order chi connectivity index (χ0) is 11.6. The normalized spacial score (nSPS) is 17.7. The Morgan fingerprint density at radius 1 is 1.56 bits per heavy atom. The number of nitrogens with one attached hydrogen (secondary N) is 1. The molecule has 1 fully saturated rings. The lowest BCUT2D eigenvalue weighted by Gasteiger charge is -2.13. The van der Waals surface area contributed by atoms with Crippen molar-refractivity contribution in [2.24, 2.45) is 5.41 Å². The molecular formula is C12H21N3O. The van der Waals surface area contributed by atoms with Crippen LogP contribution in [0.25, 0.3) is 0 Å². The zero-order valence-electron chi connectivity index (χ0n) is 10.2. The van der Waals surface area contributed by atoms with Crippen LogP contribution in [0.5, 0.6) is 0 Å². The molecule has 0 unspecified atom stereocenters. The van der Waals surface area contributed by atoms with Gasteiger partial charge in [0.25, 0.3) is 0 Å². The van der Waals surface area contributed by atoms with Gasteiger partial charge in [-0.1, -0.05) is 0 Å². The summed E-state index contributed by atoms with van der Waals surface area (Å²) < 4.78 is 2.03. The number of hydrogen-bond donors (Lipinski definition) is 2. The first-order valence-electron chi connectivity index (χ1n) is 6.04. The van der Waals surface area contributed by atoms with Crippen LogP contribution in [0, 0.1) is 12.3 Å². The molecular weight excluding hydrogens is 202 g/mol. The lowest BCUT2D eigenvalue weighted by molar-refractivity contribution is 0.207. The number of aromatic nitrogens is 2. The molecule has 1 aliphatic rings. The molecule has 1 aromatic heterocycles. The van der Waals surface area contributed by atoms with E-state index in [0.29, 0.717) is 6.61 Å². The van der Waals surface area contributed by atoms with Gasteiger partial charge in [0.2, 0.25) is 0 Å². The molecule has 1 heterocycles. The van der Waals surface area contributed by atoms with E-state index in [1.165, 1.54) is 5.69 Å². The molecule has 0 radical (unpaired) electrons. The molecule has 4 nitrogen and oxygen atoms in total. The molecule has 0 amide bonds. The average Bonchev–Trinajstić information content (AvgIpc) is 2.97. The number of rotatable bonds is 6. The quantitative estimate of drug-likeness (QED) is 0.758. The highest BCUT2D eigenvalue weighted by molar-refractivity contribution is 5.09. The summed E-state index contributed by atoms with van der Waals surface area (Å²) in [5.41, 5.74) is 2.49. The van der Waals surface area contributed by atoms with Gasteiger partial charge in [0.1, 0.15) is 0 Å². The fourth-order valence-electron chi connectivity index (χ4n) is 2.04. The molecule has 1 saturated carbocycles. The Kier molecular flexibility index (Phi) is 3.30. The van der Waals surface area contributed by atoms with Gasteiger partial charge < -0.3 is 10.4 Å². The molecule has 90 valence electrons. The Balaban J connectivity index is 1.84. The second-order valence-electron chi connectivity index (χ2n) is 4.85. The highest BCUT2D eigenvalue weighted by atomic mass is 16.3. The molecule has 4 heteroatoms. The lowest BCUT2D eigenvalue weighted by atomic mass is 10.1. The monoisotopic (exact) mass is 223 g/mol. The molecule has 0 aliphatic heterocycles. The molecule has 2 rings (SSSR count). The van der Waals surface area contributed by atoms with E-state index in [9.17, 15) is 5.11 Å². The summed E-state index contributed by atoms with van der Waals surface area (Å²) in [7, 11) is 0. The van der Waals surface area contributed by atoms with Crippen LogP contribution in [-0.2, 0) is 13.1 Å². The van der Waals surface area contributed by atoms with Crippen LogP contribution in [0.3, 0.4) is 0 Å². The predicted octanol–water partition coefficient (Wildman–Crippen LogP) is 1.07. The van der Waals surface area contributed by atoms with Crippen molar-refractivity contribution in [3.63, 3.8) is 0 Å². The van der Waals surface area contributed by atoms with Gasteiger partial charge in [-0.25, -0.2) is 0 Å². The Morgan fingerprint density at radius 2 is 2.31 bits per heavy atom. The second-order valence-corrected chi connectivity index (χ2v) is 4.85. The SMILES string of the molecule is CCn1nc(C)cc1CNCC1(CO)CC1. The molecule has 2 N–H and O–H groups in total. The van der Waals surface area contributed by atoms with Gasteiger partial charge in [0.15, 0.2) is 0 Å². The molecule has 1 aliphatic carbocycles. The summed E-state index contributed by atoms with van der Waals surface area (Å²) in [6, 6.07) is 2.12. The first-order chi connectivity index (χ1) is 7.69. The summed E-state index contributed by atoms with van der Waals surface area (Å²) in [6.45, 7) is 7.10. The number of nitrogens with zero attached hydrogens (tertiary/aromatic N) is 2. The van der Waals surface area contributed by atoms with Gasteiger partial charge in [0, 0.05) is 31.7 Å². The van der Waals surface area contributed by atoms with Crippen LogP contribution in [0.15, 0.2) is 6.07 Å². The fourth-order valence-corrected chi connectivity index (χ4v) is 2.04. The molecule has 0 saturated heterocycles. The van der Waals surface area contributed by atoms with Crippen LogP contribution in [0.2, 0.25) is 0 Å². The third-order valence-electron chi connectivity index (χ3n) is 3.38. The minimum absolute atomic E-state index is 0.187. The number of aryl methyl sites for hydroxylation is 2. The Hall–Kier alpha value is -0.870. The van der Waals surface area contributed by atoms with Crippen molar-refractivity contribution in [1.82, 2.24) is 15.1 Å². The van der Waals surface area contributed by atoms with Crippen molar-refractivity contribution >= 4 is 0 Å². The number of aliphatic hydroxyl groups is 1. The molecule has 0 spiro atoms. The zero-order valence-corrected chi connectivity index (χ0v) is 10.2. The van der Waals surface area contributed by atoms with E-state index in [2.05, 4.69) is 23.4 Å². The van der Waals surface area contributed by atoms with Crippen molar-refractivity contribution in [3.05, 3.63) is 17.5 Å². The van der Waals surface area contributed by atoms with Gasteiger partial charge in [-0.15, -0.1) is 0 Å². The van der Waals surface area contributed by atoms with Crippen molar-refractivity contribution in [2.75, 3.05) is 13.2 Å². The number of hydrogen-bond acceptors (Lipinski definition) is 3. The first kappa shape index (κ1) is 11.6. The topological polar surface area (TPSA) is 50.1 Å². The van der Waals surface area contributed by atoms with Gasteiger partial charge in [-0.05, 0) is 32.8 Å². The molecule has 0 bridgehead atoms. The maximum atomic E-state index is 9.20. The summed E-state index contributed by atoms with van der Waals surface area (Å²) >= 11 is 0. The highest BCUT2D eigenvalue weighted by Gasteiger charge is 2.41. The van der Waals surface area contributed by atoms with E-state index in [4.69, 9.17) is 0 Å². The van der Waals surface area contributed by atoms with Crippen LogP contribution in [0.1, 0.15) is 31.2 Å². The van der Waals surface area contributed by atoms with E-state index in [0.717, 1.165) is 38.2 Å². The number of aliphatic hydroxyl groups excluding tert-OH is 1. The summed E-state index contributed by atoms with van der Waals surface area (Å²) in [5.74, 6) is 0. The summed E-state index contributed by atoms with van der Waals surface area (Å²) in [6.07, 6.45) is 2.31. The van der Waals surface area contributed by atoms with E-state index < -0.39 is 0 Å². The van der Waals surface area contributed by atoms with Gasteiger partial charge in [-0.3, -0.25) is 4.68 Å². The van der Waals surface area contributed by atoms with E-state index in [-0.39, 0.29) is 5.41 Å². The minimum Gasteiger partial charge on any atom is -0.396 e. The minimum atomic E-state index is 0.187. The molecule has 16 heavy (non-hydrogen) atoms. The maximum absolute atomic E-state index is 9.20. The Morgan fingerprint density at radius 3 is 2.88 bits per heavy atom. The van der Waals surface area contributed by atoms with Crippen LogP contribution in [-0.4, -0.2) is 28.0 Å². The Bertz CT molecular complexity index is 355. The smallest absolute Gasteiger partial charge is 0.0597 e. The van der Waals surface area contributed by atoms with Crippen molar-refractivity contribution in [1.29, 1.82) is 0 Å². The third kappa shape index (κ3) is 2.44. The van der Waals surface area contributed by atoms with Gasteiger partial charge in [0.05, 0.1) is 11.4 Å². The van der Waals surface area contributed by atoms with Crippen LogP contribution in [0.4, 0.5) is 0 Å². The average molecular weight is 223 g/mol. The van der Waals surface area contributed by atoms with E-state index in [1.54, 1.807) is 0 Å². The second kappa shape index (κ2) is 4.55. The van der Waals surface area contributed by atoms with Crippen molar-refractivity contribution in [3.8, 4) is 0 Å². The highest BCUT2D eigenvalue weighted by Crippen LogP contribution is 2.44. The largest absolute Gasteiger partial charge is 0.396 e. The van der Waals surface area contributed by atoms with Gasteiger partial charge >= 0.3 is 0 Å². The van der Waals surface area contributed by atoms with E-state index >= 15 is 0 Å². The molecule has 0 atom stereocenters. The maximum Gasteiger partial charge on any atom is 0.0597 e. The predicted molar refractivity (Wildman–Crippen MR) is 63.1 cm³/mol. The molecule has 0 aromatic carbocycles. The van der Waals surface area contributed by atoms with Crippen molar-refractivity contribution < 1.29 is 5.11 Å². The third-order valence-corrected chi connectivity index (χ3v) is 3.38. The van der Waals surface area contributed by atoms with Crippen LogP contribution >= 0.6 is 0 Å². The first-order valence-corrected chi connectivity index (χ1v) is 6.04. The van der Waals surface area contributed by atoms with Crippen molar-refractivity contribution in [2.45, 2.75) is 39.8 Å². The standard InChI is InChI=1S/C12H21N3O/c1-3-15-11(6-10(2)14-15)7-13-8-12(9-16)4-5-12/h6,13,16H,3-5,7-9H2,1-2H3. The van der Waals surface area contributed by atoms with E-state index in [1.807, 2.05) is 11.6 Å². The summed E-state index contributed by atoms with van der Waals surface area (Å²) in [5, 5.41) is 17.0. The van der Waals surface area contributed by atoms with Gasteiger partial charge in [-0.2, -0.15) is 5.10 Å². The Labute approximate surface area is 96.7 Å². The fraction of sp³-hybridized carbons (Fsp3) is 0.750. The molecule has 1 aromatic rings. The lowest BCUT2D eigenvalue weighted by Crippen LogP contribution is -2.27. The summed E-state index contributed by atoms with van der Waals surface area (Å²) in [4.78, 5) is 0.